The van der Waals surface area contributed by atoms with Crippen molar-refractivity contribution in [3.05, 3.63) is 52.8 Å². The average Bonchev–Trinajstić information content (AvgIpc) is 2.75. The smallest absolute Gasteiger partial charge is 0.242 e. The zero-order chi connectivity index (χ0) is 14.8. The molecule has 2 rings (SSSR count). The molecule has 0 saturated heterocycles. The van der Waals surface area contributed by atoms with Crippen LogP contribution in [0.15, 0.2) is 35.2 Å². The highest BCUT2D eigenvalue weighted by atomic mass is 32.2. The lowest BCUT2D eigenvalue weighted by Crippen LogP contribution is -2.24. The van der Waals surface area contributed by atoms with Crippen LogP contribution in [0.5, 0.6) is 0 Å². The quantitative estimate of drug-likeness (QED) is 0.902. The predicted octanol–water partition coefficient (Wildman–Crippen LogP) is 1.98. The van der Waals surface area contributed by atoms with Gasteiger partial charge < -0.3 is 4.98 Å². The largest absolute Gasteiger partial charge is 0.362 e. The summed E-state index contributed by atoms with van der Waals surface area (Å²) in [5.41, 5.74) is 2.94. The van der Waals surface area contributed by atoms with Crippen molar-refractivity contribution in [1.29, 1.82) is 5.26 Å². The molecular weight excluding hydrogens is 274 g/mol. The van der Waals surface area contributed by atoms with E-state index in [1.165, 1.54) is 12.1 Å². The van der Waals surface area contributed by atoms with Crippen LogP contribution in [0.4, 0.5) is 0 Å². The maximum Gasteiger partial charge on any atom is 0.242 e. The van der Waals surface area contributed by atoms with Gasteiger partial charge in [-0.1, -0.05) is 12.1 Å². The normalized spacial score (nSPS) is 11.2. The van der Waals surface area contributed by atoms with Crippen molar-refractivity contribution in [1.82, 2.24) is 9.71 Å². The topological polar surface area (TPSA) is 85.8 Å². The number of nitriles is 1. The Labute approximate surface area is 118 Å². The first-order valence-electron chi connectivity index (χ1n) is 6.08. The highest BCUT2D eigenvalue weighted by molar-refractivity contribution is 7.89. The van der Waals surface area contributed by atoms with Gasteiger partial charge in [0.25, 0.3) is 0 Å². The summed E-state index contributed by atoms with van der Waals surface area (Å²) < 4.78 is 27.0. The van der Waals surface area contributed by atoms with Crippen LogP contribution in [-0.2, 0) is 16.6 Å². The summed E-state index contributed by atoms with van der Waals surface area (Å²) in [7, 11) is -3.70. The van der Waals surface area contributed by atoms with Crippen molar-refractivity contribution in [2.45, 2.75) is 25.3 Å². The Bertz CT molecular complexity index is 770. The van der Waals surface area contributed by atoms with Crippen LogP contribution in [0, 0.1) is 25.2 Å². The van der Waals surface area contributed by atoms with Crippen molar-refractivity contribution in [2.24, 2.45) is 0 Å². The van der Waals surface area contributed by atoms with E-state index in [2.05, 4.69) is 9.71 Å². The number of H-pyrrole nitrogens is 1. The summed E-state index contributed by atoms with van der Waals surface area (Å²) in [6.07, 6.45) is 0. The van der Waals surface area contributed by atoms with Crippen LogP contribution < -0.4 is 4.72 Å². The predicted molar refractivity (Wildman–Crippen MR) is 75.4 cm³/mol. The van der Waals surface area contributed by atoms with Gasteiger partial charge in [-0.05, 0) is 37.6 Å². The van der Waals surface area contributed by atoms with Gasteiger partial charge in [0.2, 0.25) is 10.0 Å². The van der Waals surface area contributed by atoms with Gasteiger partial charge in [-0.25, -0.2) is 13.1 Å². The lowest BCUT2D eigenvalue weighted by molar-refractivity contribution is 0.581. The molecule has 0 amide bonds. The molecule has 1 aromatic heterocycles. The molecule has 5 nitrogen and oxygen atoms in total. The Morgan fingerprint density at radius 1 is 1.30 bits per heavy atom. The lowest BCUT2D eigenvalue weighted by Gasteiger charge is -2.07. The number of hydrogen-bond donors (Lipinski definition) is 2. The SMILES string of the molecule is Cc1cc(CNS(=O)(=O)c2ccccc2C#N)c(C)[nH]1. The second-order valence-corrected chi connectivity index (χ2v) is 6.27. The molecule has 2 N–H and O–H groups in total. The molecule has 0 aliphatic heterocycles. The molecule has 20 heavy (non-hydrogen) atoms. The summed E-state index contributed by atoms with van der Waals surface area (Å²) in [6, 6.07) is 9.93. The van der Waals surface area contributed by atoms with Crippen molar-refractivity contribution in [3.63, 3.8) is 0 Å². The minimum Gasteiger partial charge on any atom is -0.362 e. The first-order chi connectivity index (χ1) is 9.44. The molecule has 104 valence electrons. The van der Waals surface area contributed by atoms with Crippen molar-refractivity contribution < 1.29 is 8.42 Å². The maximum absolute atomic E-state index is 12.2. The molecule has 6 heteroatoms. The van der Waals surface area contributed by atoms with Crippen molar-refractivity contribution in [3.8, 4) is 6.07 Å². The Balaban J connectivity index is 2.24. The van der Waals surface area contributed by atoms with Crippen LogP contribution in [0.2, 0.25) is 0 Å². The Hall–Kier alpha value is -2.10. The molecule has 0 fully saturated rings. The summed E-state index contributed by atoms with van der Waals surface area (Å²) in [5.74, 6) is 0. The van der Waals surface area contributed by atoms with Crippen LogP contribution in [0.3, 0.4) is 0 Å². The molecule has 0 spiro atoms. The fraction of sp³-hybridized carbons (Fsp3) is 0.214. The number of benzene rings is 1. The van der Waals surface area contributed by atoms with Crippen LogP contribution in [0.25, 0.3) is 0 Å². The highest BCUT2D eigenvalue weighted by Crippen LogP contribution is 2.15. The van der Waals surface area contributed by atoms with Crippen LogP contribution in [-0.4, -0.2) is 13.4 Å². The van der Waals surface area contributed by atoms with E-state index in [9.17, 15) is 8.42 Å². The first-order valence-corrected chi connectivity index (χ1v) is 7.56. The molecule has 0 radical (unpaired) electrons. The van der Waals surface area contributed by atoms with E-state index in [1.54, 1.807) is 12.1 Å². The number of nitrogens with one attached hydrogen (secondary N) is 2. The van der Waals surface area contributed by atoms with E-state index < -0.39 is 10.0 Å². The third kappa shape index (κ3) is 2.90. The van der Waals surface area contributed by atoms with Crippen molar-refractivity contribution >= 4 is 10.0 Å². The summed E-state index contributed by atoms with van der Waals surface area (Å²) in [6.45, 7) is 3.99. The Kier molecular flexibility index (Phi) is 3.93. The monoisotopic (exact) mass is 289 g/mol. The molecule has 0 aliphatic rings. The van der Waals surface area contributed by atoms with E-state index in [-0.39, 0.29) is 17.0 Å². The fourth-order valence-corrected chi connectivity index (χ4v) is 3.17. The van der Waals surface area contributed by atoms with Gasteiger partial charge in [-0.3, -0.25) is 0 Å². The third-order valence-corrected chi connectivity index (χ3v) is 4.47. The standard InChI is InChI=1S/C14H15N3O2S/c1-10-7-13(11(2)17-10)9-16-20(18,19)14-6-4-3-5-12(14)8-15/h3-7,16-17H,9H2,1-2H3. The third-order valence-electron chi connectivity index (χ3n) is 3.01. The molecule has 2 aromatic rings. The number of hydrogen-bond acceptors (Lipinski definition) is 3. The van der Waals surface area contributed by atoms with Gasteiger partial charge in [0, 0.05) is 17.9 Å². The van der Waals surface area contributed by atoms with E-state index in [0.29, 0.717) is 0 Å². The number of nitrogens with zero attached hydrogens (tertiary/aromatic N) is 1. The zero-order valence-electron chi connectivity index (χ0n) is 11.3. The number of sulfonamides is 1. The molecule has 0 unspecified atom stereocenters. The van der Waals surface area contributed by atoms with Crippen molar-refractivity contribution in [2.75, 3.05) is 0 Å². The molecule has 0 atom stereocenters. The van der Waals surface area contributed by atoms with Crippen LogP contribution in [0.1, 0.15) is 22.5 Å². The number of aromatic amines is 1. The van der Waals surface area contributed by atoms with Gasteiger partial charge in [-0.2, -0.15) is 5.26 Å². The molecular formula is C14H15N3O2S. The maximum atomic E-state index is 12.2. The molecule has 1 aromatic carbocycles. The molecule has 1 heterocycles. The minimum absolute atomic E-state index is 0.00686. The van der Waals surface area contributed by atoms with E-state index in [0.717, 1.165) is 17.0 Å². The average molecular weight is 289 g/mol. The molecule has 0 saturated carbocycles. The van der Waals surface area contributed by atoms with Gasteiger partial charge in [-0.15, -0.1) is 0 Å². The van der Waals surface area contributed by atoms with Crippen LogP contribution >= 0.6 is 0 Å². The number of aryl methyl sites for hydroxylation is 2. The minimum atomic E-state index is -3.70. The number of rotatable bonds is 4. The second kappa shape index (κ2) is 5.49. The summed E-state index contributed by atoms with van der Waals surface area (Å²) in [4.78, 5) is 3.13. The summed E-state index contributed by atoms with van der Waals surface area (Å²) >= 11 is 0. The second-order valence-electron chi connectivity index (χ2n) is 4.54. The fourth-order valence-electron chi connectivity index (χ4n) is 2.01. The van der Waals surface area contributed by atoms with Gasteiger partial charge in [0.15, 0.2) is 0 Å². The molecule has 0 aliphatic carbocycles. The first kappa shape index (κ1) is 14.3. The Morgan fingerprint density at radius 2 is 2.00 bits per heavy atom. The highest BCUT2D eigenvalue weighted by Gasteiger charge is 2.18. The van der Waals surface area contributed by atoms with E-state index in [4.69, 9.17) is 5.26 Å². The summed E-state index contributed by atoms with van der Waals surface area (Å²) in [5, 5.41) is 8.97. The number of aromatic nitrogens is 1. The Morgan fingerprint density at radius 3 is 2.60 bits per heavy atom. The lowest BCUT2D eigenvalue weighted by atomic mass is 10.2. The van der Waals surface area contributed by atoms with Gasteiger partial charge in [0.1, 0.15) is 6.07 Å². The van der Waals surface area contributed by atoms with Gasteiger partial charge in [0.05, 0.1) is 10.5 Å². The zero-order valence-corrected chi connectivity index (χ0v) is 12.1. The van der Waals surface area contributed by atoms with E-state index >= 15 is 0 Å². The van der Waals surface area contributed by atoms with E-state index in [1.807, 2.05) is 26.0 Å². The molecule has 0 bridgehead atoms. The van der Waals surface area contributed by atoms with Gasteiger partial charge >= 0.3 is 0 Å².